The molecule has 2 aliphatic heterocycles. The number of benzene rings is 1. The molecule has 1 aromatic heterocycles. The minimum Gasteiger partial charge on any atom is -0.491 e. The van der Waals surface area contributed by atoms with Crippen LogP contribution in [0, 0.1) is 6.92 Å². The number of morpholine rings is 1. The van der Waals surface area contributed by atoms with Gasteiger partial charge in [0.05, 0.1) is 31.6 Å². The van der Waals surface area contributed by atoms with Crippen molar-refractivity contribution in [1.82, 2.24) is 15.3 Å². The molecule has 3 N–H and O–H groups in total. The summed E-state index contributed by atoms with van der Waals surface area (Å²) < 4.78 is 16.9. The average molecular weight is 444 g/mol. The summed E-state index contributed by atoms with van der Waals surface area (Å²) in [5, 5.41) is 16.5. The Morgan fingerprint density at radius 1 is 1.22 bits per heavy atom. The molecule has 2 atom stereocenters. The maximum atomic E-state index is 9.95. The highest BCUT2D eigenvalue weighted by atomic mass is 16.5. The van der Waals surface area contributed by atoms with E-state index in [9.17, 15) is 5.11 Å². The molecule has 1 unspecified atom stereocenters. The number of ether oxygens (including phenoxy) is 3. The number of likely N-dealkylation sites (N-methyl/N-ethyl adjacent to an activating group) is 1. The van der Waals surface area contributed by atoms with Gasteiger partial charge in [0, 0.05) is 37.4 Å². The maximum absolute atomic E-state index is 9.95. The normalized spacial score (nSPS) is 19.7. The Balaban J connectivity index is 1.63. The molecular formula is C23H33N5O4. The van der Waals surface area contributed by atoms with Crippen LogP contribution in [0.15, 0.2) is 24.3 Å². The summed E-state index contributed by atoms with van der Waals surface area (Å²) >= 11 is 0. The lowest BCUT2D eigenvalue weighted by atomic mass is 10.1. The van der Waals surface area contributed by atoms with Crippen molar-refractivity contribution in [3.63, 3.8) is 0 Å². The first kappa shape index (κ1) is 22.7. The predicted octanol–water partition coefficient (Wildman–Crippen LogP) is 1.45. The first-order valence-electron chi connectivity index (χ1n) is 11.3. The van der Waals surface area contributed by atoms with Crippen molar-refractivity contribution >= 4 is 11.8 Å². The van der Waals surface area contributed by atoms with Crippen LogP contribution in [0.3, 0.4) is 0 Å². The van der Waals surface area contributed by atoms with E-state index in [1.807, 2.05) is 31.2 Å². The second-order valence-electron chi connectivity index (χ2n) is 8.20. The van der Waals surface area contributed by atoms with Gasteiger partial charge in [-0.05, 0) is 32.5 Å². The fourth-order valence-electron chi connectivity index (χ4n) is 3.89. The van der Waals surface area contributed by atoms with Gasteiger partial charge in [0.2, 0.25) is 5.95 Å². The topological polar surface area (TPSA) is 101 Å². The number of hydrogen-bond acceptors (Lipinski definition) is 9. The fraction of sp³-hybridized carbons (Fsp3) is 0.565. The summed E-state index contributed by atoms with van der Waals surface area (Å²) in [7, 11) is 1.80. The quantitative estimate of drug-likeness (QED) is 0.532. The third-order valence-corrected chi connectivity index (χ3v) is 5.69. The average Bonchev–Trinajstić information content (AvgIpc) is 3.33. The van der Waals surface area contributed by atoms with Crippen LogP contribution in [0.4, 0.5) is 11.8 Å². The smallest absolute Gasteiger partial charge is 0.228 e. The molecule has 2 saturated heterocycles. The summed E-state index contributed by atoms with van der Waals surface area (Å²) in [5.41, 5.74) is 2.80. The molecule has 0 amide bonds. The van der Waals surface area contributed by atoms with Crippen molar-refractivity contribution in [2.24, 2.45) is 0 Å². The zero-order valence-electron chi connectivity index (χ0n) is 18.8. The van der Waals surface area contributed by atoms with Gasteiger partial charge in [-0.2, -0.15) is 4.98 Å². The van der Waals surface area contributed by atoms with Crippen LogP contribution >= 0.6 is 0 Å². The molecule has 2 aromatic rings. The molecule has 2 fully saturated rings. The first-order valence-corrected chi connectivity index (χ1v) is 11.3. The van der Waals surface area contributed by atoms with Crippen LogP contribution in [0.5, 0.6) is 5.75 Å². The van der Waals surface area contributed by atoms with Crippen molar-refractivity contribution in [3.8, 4) is 17.0 Å². The Morgan fingerprint density at radius 2 is 2.06 bits per heavy atom. The molecule has 2 aliphatic rings. The number of nitrogens with zero attached hydrogens (tertiary/aromatic N) is 3. The standard InChI is InChI=1S/C23H33N5O4/c1-16-21(17-4-3-5-20(12-17)32-15-19(29)13-24-2)26-23(28-7-10-30-11-8-28)27-22(16)25-18-6-9-31-14-18/h3-5,12,18-19,24,29H,6-11,13-15H2,1-2H3,(H,25,26,27)/t18-,19?/m0/s1. The van der Waals surface area contributed by atoms with Crippen LogP contribution in [0.2, 0.25) is 0 Å². The van der Waals surface area contributed by atoms with Gasteiger partial charge < -0.3 is 34.9 Å². The molecular weight excluding hydrogens is 410 g/mol. The van der Waals surface area contributed by atoms with E-state index in [-0.39, 0.29) is 12.6 Å². The SMILES string of the molecule is CNCC(O)COc1cccc(-c2nc(N3CCOCC3)nc(N[C@H]3CCOC3)c2C)c1. The zero-order chi connectivity index (χ0) is 22.3. The van der Waals surface area contributed by atoms with Crippen LogP contribution in [-0.2, 0) is 9.47 Å². The minimum absolute atomic E-state index is 0.223. The molecule has 174 valence electrons. The lowest BCUT2D eigenvalue weighted by molar-refractivity contribution is 0.108. The molecule has 0 saturated carbocycles. The lowest BCUT2D eigenvalue weighted by Crippen LogP contribution is -2.37. The van der Waals surface area contributed by atoms with Crippen molar-refractivity contribution in [2.45, 2.75) is 25.5 Å². The molecule has 0 spiro atoms. The van der Waals surface area contributed by atoms with Gasteiger partial charge in [0.25, 0.3) is 0 Å². The Labute approximate surface area is 189 Å². The molecule has 0 bridgehead atoms. The summed E-state index contributed by atoms with van der Waals surface area (Å²) in [5.74, 6) is 2.23. The number of nitrogens with one attached hydrogen (secondary N) is 2. The number of rotatable bonds is 9. The van der Waals surface area contributed by atoms with Crippen LogP contribution < -0.4 is 20.3 Å². The number of hydrogen-bond donors (Lipinski definition) is 3. The molecule has 1 aromatic carbocycles. The highest BCUT2D eigenvalue weighted by Crippen LogP contribution is 2.31. The summed E-state index contributed by atoms with van der Waals surface area (Å²) in [6, 6.07) is 8.08. The molecule has 9 heteroatoms. The third-order valence-electron chi connectivity index (χ3n) is 5.69. The van der Waals surface area contributed by atoms with Crippen LogP contribution in [-0.4, -0.2) is 86.9 Å². The van der Waals surface area contributed by atoms with Gasteiger partial charge in [0.15, 0.2) is 0 Å². The van der Waals surface area contributed by atoms with Crippen molar-refractivity contribution in [3.05, 3.63) is 29.8 Å². The van der Waals surface area contributed by atoms with Gasteiger partial charge in [-0.1, -0.05) is 12.1 Å². The molecule has 9 nitrogen and oxygen atoms in total. The Hall–Kier alpha value is -2.46. The van der Waals surface area contributed by atoms with E-state index >= 15 is 0 Å². The van der Waals surface area contributed by atoms with E-state index in [0.717, 1.165) is 48.8 Å². The second-order valence-corrected chi connectivity index (χ2v) is 8.20. The number of aromatic nitrogens is 2. The minimum atomic E-state index is -0.568. The van der Waals surface area contributed by atoms with E-state index in [4.69, 9.17) is 24.2 Å². The van der Waals surface area contributed by atoms with E-state index < -0.39 is 6.10 Å². The van der Waals surface area contributed by atoms with Gasteiger partial charge >= 0.3 is 0 Å². The first-order chi connectivity index (χ1) is 15.6. The van der Waals surface area contributed by atoms with E-state index in [0.29, 0.717) is 38.1 Å². The highest BCUT2D eigenvalue weighted by molar-refractivity contribution is 5.71. The van der Waals surface area contributed by atoms with Gasteiger partial charge in [-0.25, -0.2) is 4.98 Å². The molecule has 32 heavy (non-hydrogen) atoms. The Kier molecular flexibility index (Phi) is 7.75. The highest BCUT2D eigenvalue weighted by Gasteiger charge is 2.22. The van der Waals surface area contributed by atoms with E-state index in [2.05, 4.69) is 15.5 Å². The predicted molar refractivity (Wildman–Crippen MR) is 124 cm³/mol. The maximum Gasteiger partial charge on any atom is 0.228 e. The monoisotopic (exact) mass is 443 g/mol. The van der Waals surface area contributed by atoms with Crippen molar-refractivity contribution in [2.75, 3.05) is 69.9 Å². The van der Waals surface area contributed by atoms with E-state index in [1.165, 1.54) is 0 Å². The lowest BCUT2D eigenvalue weighted by Gasteiger charge is -2.28. The van der Waals surface area contributed by atoms with Crippen LogP contribution in [0.1, 0.15) is 12.0 Å². The third kappa shape index (κ3) is 5.66. The number of anilines is 2. The zero-order valence-corrected chi connectivity index (χ0v) is 18.8. The van der Waals surface area contributed by atoms with Crippen molar-refractivity contribution < 1.29 is 19.3 Å². The molecule has 0 aliphatic carbocycles. The molecule has 0 radical (unpaired) electrons. The summed E-state index contributed by atoms with van der Waals surface area (Å²) in [6.07, 6.45) is 0.394. The Bertz CT molecular complexity index is 885. The van der Waals surface area contributed by atoms with Crippen LogP contribution in [0.25, 0.3) is 11.3 Å². The van der Waals surface area contributed by atoms with Crippen molar-refractivity contribution in [1.29, 1.82) is 0 Å². The van der Waals surface area contributed by atoms with Gasteiger partial charge in [-0.15, -0.1) is 0 Å². The number of aliphatic hydroxyl groups excluding tert-OH is 1. The van der Waals surface area contributed by atoms with E-state index in [1.54, 1.807) is 7.05 Å². The number of aliphatic hydroxyl groups is 1. The Morgan fingerprint density at radius 3 is 2.81 bits per heavy atom. The largest absolute Gasteiger partial charge is 0.491 e. The molecule has 4 rings (SSSR count). The molecule has 3 heterocycles. The fourth-order valence-corrected chi connectivity index (χ4v) is 3.89. The summed E-state index contributed by atoms with van der Waals surface area (Å²) in [4.78, 5) is 12.0. The van der Waals surface area contributed by atoms with Gasteiger partial charge in [-0.3, -0.25) is 0 Å². The second kappa shape index (κ2) is 10.9. The van der Waals surface area contributed by atoms with Gasteiger partial charge in [0.1, 0.15) is 24.3 Å². The summed E-state index contributed by atoms with van der Waals surface area (Å²) in [6.45, 7) is 7.07.